The van der Waals surface area contributed by atoms with E-state index in [0.717, 1.165) is 0 Å². The zero-order valence-electron chi connectivity index (χ0n) is 19.3. The van der Waals surface area contributed by atoms with Gasteiger partial charge in [0.2, 0.25) is 0 Å². The van der Waals surface area contributed by atoms with Gasteiger partial charge < -0.3 is 41.3 Å². The predicted molar refractivity (Wildman–Crippen MR) is 116 cm³/mol. The van der Waals surface area contributed by atoms with E-state index in [4.69, 9.17) is 0 Å². The first kappa shape index (κ1) is 28.7. The third kappa shape index (κ3) is 9.24. The molecular weight excluding hydrogens is 424 g/mol. The summed E-state index contributed by atoms with van der Waals surface area (Å²) in [6, 6.07) is -2.49. The van der Waals surface area contributed by atoms with E-state index in [1.165, 1.54) is 13.8 Å². The molecule has 1 aliphatic heterocycles. The molecule has 0 aliphatic carbocycles. The monoisotopic (exact) mass is 464 g/mol. The minimum atomic E-state index is -1.09. The molecule has 0 bridgehead atoms. The normalized spacial score (nSPS) is 31.0. The Kier molecular flexibility index (Phi) is 12.0. The summed E-state index contributed by atoms with van der Waals surface area (Å²) in [6.07, 6.45) is -3.61. The summed E-state index contributed by atoms with van der Waals surface area (Å²) < 4.78 is 0. The van der Waals surface area contributed by atoms with Crippen molar-refractivity contribution in [1.29, 1.82) is 0 Å². The van der Waals surface area contributed by atoms with E-state index in [-0.39, 0.29) is 39.3 Å². The molecule has 0 unspecified atom stereocenters. The lowest BCUT2D eigenvalue weighted by Gasteiger charge is -2.41. The van der Waals surface area contributed by atoms with Crippen LogP contribution in [0.2, 0.25) is 0 Å². The Labute approximate surface area is 188 Å². The van der Waals surface area contributed by atoms with Crippen LogP contribution in [0.1, 0.15) is 27.7 Å². The van der Waals surface area contributed by atoms with E-state index in [9.17, 15) is 40.2 Å². The number of nitrogens with zero attached hydrogens (tertiary/aromatic N) is 2. The first-order chi connectivity index (χ1) is 14.8. The highest BCUT2D eigenvalue weighted by atomic mass is 16.4. The Morgan fingerprint density at radius 1 is 0.719 bits per heavy atom. The van der Waals surface area contributed by atoms with Crippen LogP contribution in [0, 0.1) is 0 Å². The van der Waals surface area contributed by atoms with Crippen molar-refractivity contribution in [3.8, 4) is 0 Å². The van der Waals surface area contributed by atoms with Gasteiger partial charge in [0.1, 0.15) is 0 Å². The molecule has 0 amide bonds. The van der Waals surface area contributed by atoms with Crippen molar-refractivity contribution in [3.05, 3.63) is 0 Å². The smallest absolute Gasteiger partial charge is 0.317 e. The predicted octanol–water partition coefficient (Wildman–Crippen LogP) is -3.05. The molecule has 8 atom stereocenters. The number of carboxylic acids is 2. The van der Waals surface area contributed by atoms with Gasteiger partial charge in [-0.15, -0.1) is 0 Å². The van der Waals surface area contributed by atoms with Gasteiger partial charge in [-0.2, -0.15) is 0 Å². The Hall–Kier alpha value is -1.38. The van der Waals surface area contributed by atoms with Crippen LogP contribution in [0.5, 0.6) is 0 Å². The third-order valence-corrected chi connectivity index (χ3v) is 5.93. The Morgan fingerprint density at radius 2 is 1.03 bits per heavy atom. The van der Waals surface area contributed by atoms with E-state index in [1.807, 2.05) is 0 Å². The topological polar surface area (TPSA) is 186 Å². The highest BCUT2D eigenvalue weighted by molar-refractivity contribution is 5.69. The fraction of sp³-hybridized carbons (Fsp3) is 0.900. The first-order valence-corrected chi connectivity index (χ1v) is 10.9. The lowest BCUT2D eigenvalue weighted by Crippen LogP contribution is -2.63. The van der Waals surface area contributed by atoms with Crippen molar-refractivity contribution >= 4 is 11.9 Å². The quantitative estimate of drug-likeness (QED) is 0.182. The minimum Gasteiger partial charge on any atom is -0.480 e. The third-order valence-electron chi connectivity index (χ3n) is 5.93. The number of carboxylic acid groups (broad SMARTS) is 2. The van der Waals surface area contributed by atoms with Gasteiger partial charge in [0.05, 0.1) is 37.5 Å². The molecule has 1 aliphatic rings. The van der Waals surface area contributed by atoms with Crippen molar-refractivity contribution in [2.75, 3.05) is 39.3 Å². The van der Waals surface area contributed by atoms with E-state index < -0.39 is 60.5 Å². The maximum absolute atomic E-state index is 11.5. The molecule has 1 rings (SSSR count). The lowest BCUT2D eigenvalue weighted by atomic mass is 10.0. The largest absolute Gasteiger partial charge is 0.480 e. The molecule has 0 aromatic heterocycles. The highest BCUT2D eigenvalue weighted by Gasteiger charge is 2.34. The maximum Gasteiger partial charge on any atom is 0.317 e. The highest BCUT2D eigenvalue weighted by Crippen LogP contribution is 2.13. The minimum absolute atomic E-state index is 0.0893. The standard InChI is InChI=1S/C20H40N4O8/c1-11(25)15-7-23(9-19(29)30)18(14(4)28)6-22-16(12(2)26)8-24(10-20(31)32)17(5-21-15)13(3)27/h11-18,21-22,25-28H,5-10H2,1-4H3,(H,29,30)(H,31,32)/t11-,12-,13-,14-,15+,16+,17+,18+/m0/s1. The van der Waals surface area contributed by atoms with Gasteiger partial charge in [0, 0.05) is 50.3 Å². The van der Waals surface area contributed by atoms with Crippen LogP contribution in [-0.2, 0) is 9.59 Å². The van der Waals surface area contributed by atoms with Crippen LogP contribution in [0.4, 0.5) is 0 Å². The summed E-state index contributed by atoms with van der Waals surface area (Å²) in [7, 11) is 0. The van der Waals surface area contributed by atoms with Crippen molar-refractivity contribution in [1.82, 2.24) is 20.4 Å². The Balaban J connectivity index is 3.36. The van der Waals surface area contributed by atoms with Gasteiger partial charge in [-0.05, 0) is 27.7 Å². The molecule has 0 aromatic rings. The zero-order chi connectivity index (χ0) is 24.6. The second-order valence-electron chi connectivity index (χ2n) is 8.77. The van der Waals surface area contributed by atoms with Gasteiger partial charge in [0.25, 0.3) is 0 Å². The molecule has 0 radical (unpaired) electrons. The van der Waals surface area contributed by atoms with Crippen molar-refractivity contribution in [3.63, 3.8) is 0 Å². The summed E-state index contributed by atoms with van der Waals surface area (Å²) in [5.74, 6) is -2.18. The number of aliphatic hydroxyl groups excluding tert-OH is 4. The Morgan fingerprint density at radius 3 is 1.25 bits per heavy atom. The number of aliphatic carboxylic acids is 2. The van der Waals surface area contributed by atoms with E-state index in [1.54, 1.807) is 23.6 Å². The van der Waals surface area contributed by atoms with Crippen molar-refractivity contribution in [2.24, 2.45) is 0 Å². The van der Waals surface area contributed by atoms with E-state index in [0.29, 0.717) is 0 Å². The molecule has 12 heteroatoms. The zero-order valence-corrected chi connectivity index (χ0v) is 19.3. The summed E-state index contributed by atoms with van der Waals surface area (Å²) in [5, 5.41) is 66.4. The van der Waals surface area contributed by atoms with Crippen LogP contribution < -0.4 is 10.6 Å². The fourth-order valence-electron chi connectivity index (χ4n) is 4.02. The molecule has 0 spiro atoms. The molecule has 1 saturated heterocycles. The number of rotatable bonds is 8. The van der Waals surface area contributed by atoms with Gasteiger partial charge in [-0.1, -0.05) is 0 Å². The van der Waals surface area contributed by atoms with Crippen LogP contribution in [0.15, 0.2) is 0 Å². The second-order valence-corrected chi connectivity index (χ2v) is 8.77. The lowest BCUT2D eigenvalue weighted by molar-refractivity contribution is -0.140. The van der Waals surface area contributed by atoms with Crippen LogP contribution >= 0.6 is 0 Å². The molecule has 8 N–H and O–H groups in total. The fourth-order valence-corrected chi connectivity index (χ4v) is 4.02. The van der Waals surface area contributed by atoms with E-state index >= 15 is 0 Å². The molecule has 0 aromatic carbocycles. The van der Waals surface area contributed by atoms with E-state index in [2.05, 4.69) is 10.6 Å². The SMILES string of the molecule is C[C@H](O)[C@H]1CN[C@@H]([C@H](C)O)CN(CC(=O)O)[C@@H]([C@H](C)O)CN[C@@H]([C@H](C)O)CN1CC(=O)O. The molecule has 32 heavy (non-hydrogen) atoms. The second kappa shape index (κ2) is 13.4. The van der Waals surface area contributed by atoms with Crippen LogP contribution in [0.25, 0.3) is 0 Å². The van der Waals surface area contributed by atoms with Gasteiger partial charge in [-0.25, -0.2) is 0 Å². The number of hydrogen-bond donors (Lipinski definition) is 8. The van der Waals surface area contributed by atoms with Crippen LogP contribution in [0.3, 0.4) is 0 Å². The number of carbonyl (C=O) groups is 2. The molecule has 12 nitrogen and oxygen atoms in total. The summed E-state index contributed by atoms with van der Waals surface area (Å²) in [6.45, 7) is 5.85. The van der Waals surface area contributed by atoms with Crippen molar-refractivity contribution < 1.29 is 40.2 Å². The molecule has 188 valence electrons. The summed E-state index contributed by atoms with van der Waals surface area (Å²) >= 11 is 0. The summed E-state index contributed by atoms with van der Waals surface area (Å²) in [5.41, 5.74) is 0. The number of hydrogen-bond acceptors (Lipinski definition) is 10. The number of aliphatic hydroxyl groups is 4. The van der Waals surface area contributed by atoms with Gasteiger partial charge in [0.15, 0.2) is 0 Å². The average molecular weight is 465 g/mol. The van der Waals surface area contributed by atoms with Crippen molar-refractivity contribution in [2.45, 2.75) is 76.3 Å². The van der Waals surface area contributed by atoms with Gasteiger partial charge >= 0.3 is 11.9 Å². The first-order valence-electron chi connectivity index (χ1n) is 10.9. The summed E-state index contributed by atoms with van der Waals surface area (Å²) in [4.78, 5) is 26.1. The number of nitrogens with one attached hydrogen (secondary N) is 2. The van der Waals surface area contributed by atoms with Crippen LogP contribution in [-0.4, -0.2) is 140 Å². The molecule has 0 saturated carbocycles. The average Bonchev–Trinajstić information content (AvgIpc) is 2.62. The molecule has 1 heterocycles. The maximum atomic E-state index is 11.5. The molecule has 1 fully saturated rings. The molecular formula is C20H40N4O8. The Bertz CT molecular complexity index is 540. The van der Waals surface area contributed by atoms with Gasteiger partial charge in [-0.3, -0.25) is 19.4 Å².